The van der Waals surface area contributed by atoms with E-state index in [-0.39, 0.29) is 23.0 Å². The molecule has 31 heavy (non-hydrogen) atoms. The average molecular weight is 483 g/mol. The molecule has 0 aliphatic heterocycles. The van der Waals surface area contributed by atoms with E-state index in [0.717, 1.165) is 10.2 Å². The Kier molecular flexibility index (Phi) is 5.50. The van der Waals surface area contributed by atoms with Crippen molar-refractivity contribution in [2.75, 3.05) is 11.9 Å². The fourth-order valence-electron chi connectivity index (χ4n) is 3.00. The van der Waals surface area contributed by atoms with Crippen molar-refractivity contribution < 1.29 is 9.59 Å². The van der Waals surface area contributed by atoms with Crippen molar-refractivity contribution in [3.8, 4) is 5.69 Å². The molecular formula is C20H15BrN6O4. The van der Waals surface area contributed by atoms with E-state index in [2.05, 4.69) is 41.9 Å². The lowest BCUT2D eigenvalue weighted by atomic mass is 10.1. The smallest absolute Gasteiger partial charge is 0.272 e. The molecule has 0 saturated heterocycles. The second-order valence-electron chi connectivity index (χ2n) is 6.52. The lowest BCUT2D eigenvalue weighted by molar-refractivity contribution is -0.115. The predicted octanol–water partition coefficient (Wildman–Crippen LogP) is 1.53. The zero-order valence-corrected chi connectivity index (χ0v) is 17.4. The number of hydrogen-bond acceptors (Lipinski definition) is 5. The molecule has 2 heterocycles. The molecule has 0 radical (unpaired) electrons. The van der Waals surface area contributed by atoms with E-state index in [4.69, 9.17) is 0 Å². The summed E-state index contributed by atoms with van der Waals surface area (Å²) in [5, 5.41) is 13.9. The zero-order valence-electron chi connectivity index (χ0n) is 15.8. The van der Waals surface area contributed by atoms with Crippen LogP contribution in [0.1, 0.15) is 10.4 Å². The highest BCUT2D eigenvalue weighted by molar-refractivity contribution is 9.10. The molecule has 0 aliphatic carbocycles. The molecule has 156 valence electrons. The van der Waals surface area contributed by atoms with Crippen LogP contribution in [0.3, 0.4) is 0 Å². The van der Waals surface area contributed by atoms with Crippen LogP contribution in [0.2, 0.25) is 0 Å². The largest absolute Gasteiger partial charge is 0.343 e. The van der Waals surface area contributed by atoms with Crippen LogP contribution in [0, 0.1) is 0 Å². The second kappa shape index (κ2) is 8.40. The fraction of sp³-hybridized carbons (Fsp3) is 0.0500. The fourth-order valence-corrected chi connectivity index (χ4v) is 3.28. The Labute approximate surface area is 182 Å². The van der Waals surface area contributed by atoms with Gasteiger partial charge in [0.2, 0.25) is 5.91 Å². The highest BCUT2D eigenvalue weighted by atomic mass is 79.9. The van der Waals surface area contributed by atoms with Gasteiger partial charge in [0, 0.05) is 11.8 Å². The predicted molar refractivity (Wildman–Crippen MR) is 117 cm³/mol. The summed E-state index contributed by atoms with van der Waals surface area (Å²) in [7, 11) is 0. The molecule has 4 rings (SSSR count). The summed E-state index contributed by atoms with van der Waals surface area (Å²) >= 11 is 3.32. The lowest BCUT2D eigenvalue weighted by Gasteiger charge is -2.09. The number of fused-ring (bicyclic) bond motifs is 1. The van der Waals surface area contributed by atoms with Crippen molar-refractivity contribution in [3.05, 3.63) is 85.6 Å². The number of hydrogen-bond donors (Lipinski definition) is 4. The van der Waals surface area contributed by atoms with Crippen LogP contribution in [-0.2, 0) is 4.79 Å². The van der Waals surface area contributed by atoms with Crippen molar-refractivity contribution in [2.24, 2.45) is 0 Å². The Morgan fingerprint density at radius 1 is 1.03 bits per heavy atom. The molecule has 0 saturated carbocycles. The maximum Gasteiger partial charge on any atom is 0.272 e. The highest BCUT2D eigenvalue weighted by Gasteiger charge is 2.12. The molecular weight excluding hydrogens is 468 g/mol. The molecule has 0 bridgehead atoms. The number of aromatic amines is 2. The van der Waals surface area contributed by atoms with Gasteiger partial charge in [0.05, 0.1) is 39.4 Å². The minimum absolute atomic E-state index is 0.0618. The van der Waals surface area contributed by atoms with Crippen molar-refractivity contribution >= 4 is 44.2 Å². The zero-order chi connectivity index (χ0) is 22.0. The van der Waals surface area contributed by atoms with Crippen molar-refractivity contribution in [2.45, 2.75) is 0 Å². The van der Waals surface area contributed by atoms with Gasteiger partial charge in [0.25, 0.3) is 17.0 Å². The van der Waals surface area contributed by atoms with Crippen molar-refractivity contribution in [1.82, 2.24) is 25.3 Å². The van der Waals surface area contributed by atoms with Gasteiger partial charge in [-0.3, -0.25) is 29.4 Å². The number of nitrogens with one attached hydrogen (secondary N) is 4. The topological polar surface area (TPSA) is 142 Å². The summed E-state index contributed by atoms with van der Waals surface area (Å²) < 4.78 is 2.48. The molecule has 0 fully saturated rings. The van der Waals surface area contributed by atoms with E-state index in [0.29, 0.717) is 5.56 Å². The number of H-pyrrole nitrogens is 2. The van der Waals surface area contributed by atoms with Gasteiger partial charge >= 0.3 is 0 Å². The van der Waals surface area contributed by atoms with E-state index in [1.54, 1.807) is 47.4 Å². The molecule has 2 amide bonds. The Hall–Kier alpha value is -3.99. The van der Waals surface area contributed by atoms with Crippen molar-refractivity contribution in [3.63, 3.8) is 0 Å². The molecule has 2 aromatic heterocycles. The van der Waals surface area contributed by atoms with Crippen LogP contribution in [0.4, 0.5) is 5.69 Å². The number of carbonyl (C=O) groups is 2. The van der Waals surface area contributed by atoms with Gasteiger partial charge in [-0.05, 0) is 52.3 Å². The summed E-state index contributed by atoms with van der Waals surface area (Å²) in [6.07, 6.45) is 3.44. The van der Waals surface area contributed by atoms with Gasteiger partial charge in [-0.15, -0.1) is 0 Å². The first kappa shape index (κ1) is 20.3. The number of anilines is 1. The molecule has 0 atom stereocenters. The summed E-state index contributed by atoms with van der Waals surface area (Å²) in [6.45, 7) is -0.315. The first-order chi connectivity index (χ1) is 14.9. The van der Waals surface area contributed by atoms with Gasteiger partial charge in [-0.2, -0.15) is 5.10 Å². The molecule has 10 nitrogen and oxygen atoms in total. The summed E-state index contributed by atoms with van der Waals surface area (Å²) in [5.74, 6) is -0.978. The van der Waals surface area contributed by atoms with Gasteiger partial charge in [-0.25, -0.2) is 4.68 Å². The van der Waals surface area contributed by atoms with E-state index in [1.165, 1.54) is 12.1 Å². The van der Waals surface area contributed by atoms with E-state index < -0.39 is 22.9 Å². The number of carbonyl (C=O) groups excluding carboxylic acids is 2. The SMILES string of the molecule is O=C(CNC(=O)c1ccc(-n2cc(Br)cn2)cc1)Nc1cccc2c(=O)[nH][nH]c(=O)c12. The third kappa shape index (κ3) is 4.31. The monoisotopic (exact) mass is 482 g/mol. The highest BCUT2D eigenvalue weighted by Crippen LogP contribution is 2.16. The molecule has 2 aromatic carbocycles. The maximum absolute atomic E-state index is 12.3. The summed E-state index contributed by atoms with van der Waals surface area (Å²) in [6, 6.07) is 11.2. The Morgan fingerprint density at radius 3 is 2.48 bits per heavy atom. The molecule has 11 heteroatoms. The Balaban J connectivity index is 1.42. The first-order valence-electron chi connectivity index (χ1n) is 9.05. The van der Waals surface area contributed by atoms with Crippen LogP contribution in [0.15, 0.2) is 68.9 Å². The first-order valence-corrected chi connectivity index (χ1v) is 9.84. The van der Waals surface area contributed by atoms with Crippen LogP contribution in [0.5, 0.6) is 0 Å². The average Bonchev–Trinajstić information content (AvgIpc) is 3.21. The molecule has 0 unspecified atom stereocenters. The molecule has 0 spiro atoms. The lowest BCUT2D eigenvalue weighted by Crippen LogP contribution is -2.33. The second-order valence-corrected chi connectivity index (χ2v) is 7.43. The number of benzene rings is 2. The minimum Gasteiger partial charge on any atom is -0.343 e. The van der Waals surface area contributed by atoms with Gasteiger partial charge in [0.15, 0.2) is 0 Å². The van der Waals surface area contributed by atoms with E-state index >= 15 is 0 Å². The quantitative estimate of drug-likeness (QED) is 0.341. The standard InChI is InChI=1S/C20H15BrN6O4/c21-12-8-23-27(10-12)13-6-4-11(5-7-13)18(29)22-9-16(28)24-15-3-1-2-14-17(15)20(31)26-25-19(14)30/h1-8,10H,9H2,(H,22,29)(H,24,28)(H,25,30)(H,26,31). The summed E-state index contributed by atoms with van der Waals surface area (Å²) in [4.78, 5) is 48.5. The normalized spacial score (nSPS) is 10.7. The van der Waals surface area contributed by atoms with Crippen molar-refractivity contribution in [1.29, 1.82) is 0 Å². The number of halogens is 1. The van der Waals surface area contributed by atoms with Gasteiger partial charge in [-0.1, -0.05) is 6.07 Å². The minimum atomic E-state index is -0.543. The van der Waals surface area contributed by atoms with Crippen LogP contribution >= 0.6 is 15.9 Å². The van der Waals surface area contributed by atoms with E-state index in [9.17, 15) is 19.2 Å². The molecule has 4 aromatic rings. The number of aromatic nitrogens is 4. The molecule has 4 N–H and O–H groups in total. The maximum atomic E-state index is 12.3. The number of rotatable bonds is 5. The Morgan fingerprint density at radius 2 is 1.77 bits per heavy atom. The number of nitrogens with zero attached hydrogens (tertiary/aromatic N) is 2. The van der Waals surface area contributed by atoms with Gasteiger partial charge < -0.3 is 10.6 Å². The Bertz CT molecular complexity index is 1400. The third-order valence-electron chi connectivity index (χ3n) is 4.45. The van der Waals surface area contributed by atoms with Crippen LogP contribution in [0.25, 0.3) is 16.5 Å². The van der Waals surface area contributed by atoms with Crippen LogP contribution in [-0.4, -0.2) is 38.3 Å². The van der Waals surface area contributed by atoms with E-state index in [1.807, 2.05) is 0 Å². The third-order valence-corrected chi connectivity index (χ3v) is 4.86. The molecule has 0 aliphatic rings. The summed E-state index contributed by atoms with van der Waals surface area (Å²) in [5.41, 5.74) is 0.301. The van der Waals surface area contributed by atoms with Crippen LogP contribution < -0.4 is 21.8 Å². The number of amides is 2. The van der Waals surface area contributed by atoms with Gasteiger partial charge in [0.1, 0.15) is 0 Å².